The fourth-order valence-electron chi connectivity index (χ4n) is 2.96. The molecule has 4 rings (SSSR count). The Kier molecular flexibility index (Phi) is 3.21. The Morgan fingerprint density at radius 3 is 2.46 bits per heavy atom. The van der Waals surface area contributed by atoms with Crippen LogP contribution in [0.15, 0.2) is 53.9 Å². The van der Waals surface area contributed by atoms with Crippen LogP contribution in [0.5, 0.6) is 0 Å². The minimum absolute atomic E-state index is 0.322. The first-order chi connectivity index (χ1) is 11.5. The van der Waals surface area contributed by atoms with E-state index < -0.39 is 28.3 Å². The van der Waals surface area contributed by atoms with Crippen LogP contribution in [0, 0.1) is 11.6 Å². The Morgan fingerprint density at radius 1 is 1.00 bits per heavy atom. The molecule has 24 heavy (non-hydrogen) atoms. The van der Waals surface area contributed by atoms with Crippen molar-refractivity contribution in [1.29, 1.82) is 0 Å². The summed E-state index contributed by atoms with van der Waals surface area (Å²) in [6.45, 7) is 0. The third kappa shape index (κ3) is 1.98. The second-order valence-electron chi connectivity index (χ2n) is 5.36. The molecule has 0 saturated heterocycles. The van der Waals surface area contributed by atoms with Gasteiger partial charge in [-0.25, -0.2) is 8.78 Å². The highest BCUT2D eigenvalue weighted by Gasteiger charge is 2.55. The number of carbonyl (C=O) groups is 2. The number of hydrogen-bond acceptors (Lipinski definition) is 3. The number of rotatable bonds is 1. The smallest absolute Gasteiger partial charge is 0.266 e. The number of fused-ring (bicyclic) bond motifs is 2. The fourth-order valence-corrected chi connectivity index (χ4v) is 4.10. The molecule has 120 valence electrons. The molecule has 0 aromatic heterocycles. The zero-order valence-electron chi connectivity index (χ0n) is 12.1. The highest BCUT2D eigenvalue weighted by atomic mass is 32.2. The first-order valence-corrected chi connectivity index (χ1v) is 7.96. The lowest BCUT2D eigenvalue weighted by molar-refractivity contribution is -0.122. The van der Waals surface area contributed by atoms with Crippen LogP contribution in [0.4, 0.5) is 20.2 Å². The Hall–Kier alpha value is -2.67. The van der Waals surface area contributed by atoms with Gasteiger partial charge in [-0.1, -0.05) is 17.8 Å². The predicted molar refractivity (Wildman–Crippen MR) is 87.3 cm³/mol. The lowest BCUT2D eigenvalue weighted by Gasteiger charge is -2.39. The molecule has 1 N–H and O–H groups in total. The molecule has 0 fully saturated rings. The first kappa shape index (κ1) is 14.9. The molecule has 1 unspecified atom stereocenters. The van der Waals surface area contributed by atoms with Gasteiger partial charge in [-0.3, -0.25) is 14.5 Å². The predicted octanol–water partition coefficient (Wildman–Crippen LogP) is 3.36. The van der Waals surface area contributed by atoms with E-state index in [-0.39, 0.29) is 0 Å². The number of halogens is 2. The van der Waals surface area contributed by atoms with E-state index in [9.17, 15) is 18.4 Å². The topological polar surface area (TPSA) is 49.4 Å². The molecule has 0 saturated carbocycles. The molecule has 7 heteroatoms. The number of carbonyl (C=O) groups excluding carboxylic acids is 2. The molecular formula is C17H10F2N2O2S. The minimum atomic E-state index is -1.38. The molecule has 2 aliphatic rings. The third-order valence-electron chi connectivity index (χ3n) is 3.97. The second-order valence-corrected chi connectivity index (χ2v) is 6.46. The summed E-state index contributed by atoms with van der Waals surface area (Å²) in [6, 6.07) is 9.25. The van der Waals surface area contributed by atoms with E-state index in [2.05, 4.69) is 5.32 Å². The Labute approximate surface area is 140 Å². The largest absolute Gasteiger partial charge is 0.322 e. The van der Waals surface area contributed by atoms with Crippen LogP contribution in [0.2, 0.25) is 0 Å². The third-order valence-corrected chi connectivity index (χ3v) is 5.17. The van der Waals surface area contributed by atoms with Crippen LogP contribution >= 0.6 is 11.8 Å². The van der Waals surface area contributed by atoms with Crippen molar-refractivity contribution in [2.45, 2.75) is 4.87 Å². The summed E-state index contributed by atoms with van der Waals surface area (Å²) < 4.78 is 26.7. The maximum Gasteiger partial charge on any atom is 0.266 e. The Morgan fingerprint density at radius 2 is 1.71 bits per heavy atom. The summed E-state index contributed by atoms with van der Waals surface area (Å²) in [5.41, 5.74) is 1.19. The van der Waals surface area contributed by atoms with Crippen molar-refractivity contribution in [3.05, 3.63) is 71.1 Å². The average molecular weight is 344 g/mol. The van der Waals surface area contributed by atoms with Crippen molar-refractivity contribution in [2.24, 2.45) is 0 Å². The first-order valence-electron chi connectivity index (χ1n) is 7.08. The monoisotopic (exact) mass is 344 g/mol. The fraction of sp³-hybridized carbons (Fsp3) is 0.0588. The normalized spacial score (nSPS) is 22.0. The van der Waals surface area contributed by atoms with Gasteiger partial charge in [0.2, 0.25) is 4.87 Å². The average Bonchev–Trinajstić information content (AvgIpc) is 2.81. The second kappa shape index (κ2) is 5.17. The summed E-state index contributed by atoms with van der Waals surface area (Å²) in [4.78, 5) is 25.2. The van der Waals surface area contributed by atoms with Crippen molar-refractivity contribution >= 4 is 35.0 Å². The molecule has 2 aromatic rings. The van der Waals surface area contributed by atoms with Crippen molar-refractivity contribution < 1.29 is 18.4 Å². The zero-order valence-corrected chi connectivity index (χ0v) is 12.9. The van der Waals surface area contributed by atoms with Crippen LogP contribution < -0.4 is 10.2 Å². The van der Waals surface area contributed by atoms with Crippen LogP contribution in [0.1, 0.15) is 5.56 Å². The highest BCUT2D eigenvalue weighted by Crippen LogP contribution is 2.52. The minimum Gasteiger partial charge on any atom is -0.322 e. The number of benzene rings is 2. The van der Waals surface area contributed by atoms with Crippen molar-refractivity contribution in [3.8, 4) is 0 Å². The van der Waals surface area contributed by atoms with Gasteiger partial charge in [0.15, 0.2) is 0 Å². The molecule has 2 heterocycles. The van der Waals surface area contributed by atoms with Crippen LogP contribution in [0.25, 0.3) is 0 Å². The van der Waals surface area contributed by atoms with Gasteiger partial charge in [-0.15, -0.1) is 0 Å². The number of amides is 2. The summed E-state index contributed by atoms with van der Waals surface area (Å²) in [7, 11) is 0. The zero-order chi connectivity index (χ0) is 16.9. The van der Waals surface area contributed by atoms with Gasteiger partial charge in [0.1, 0.15) is 11.6 Å². The van der Waals surface area contributed by atoms with Crippen LogP contribution in [-0.4, -0.2) is 11.8 Å². The molecule has 2 aliphatic heterocycles. The molecule has 0 bridgehead atoms. The van der Waals surface area contributed by atoms with E-state index in [4.69, 9.17) is 0 Å². The van der Waals surface area contributed by atoms with Gasteiger partial charge in [-0.2, -0.15) is 0 Å². The molecule has 0 aliphatic carbocycles. The van der Waals surface area contributed by atoms with E-state index in [0.717, 1.165) is 11.8 Å². The Bertz CT molecular complexity index is 898. The van der Waals surface area contributed by atoms with Crippen molar-refractivity contribution in [2.75, 3.05) is 10.2 Å². The molecule has 0 radical (unpaired) electrons. The van der Waals surface area contributed by atoms with E-state index in [1.54, 1.807) is 5.41 Å². The molecule has 4 nitrogen and oxygen atoms in total. The lowest BCUT2D eigenvalue weighted by Crippen LogP contribution is -2.52. The van der Waals surface area contributed by atoms with E-state index in [1.165, 1.54) is 53.4 Å². The molecule has 2 aromatic carbocycles. The van der Waals surface area contributed by atoms with E-state index >= 15 is 0 Å². The summed E-state index contributed by atoms with van der Waals surface area (Å²) in [6.07, 6.45) is 1.34. The van der Waals surface area contributed by atoms with E-state index in [1.807, 2.05) is 0 Å². The number of anilines is 2. The van der Waals surface area contributed by atoms with Gasteiger partial charge in [0, 0.05) is 17.3 Å². The maximum absolute atomic E-state index is 13.5. The van der Waals surface area contributed by atoms with Gasteiger partial charge < -0.3 is 5.32 Å². The number of thioether (sulfide) groups is 1. The van der Waals surface area contributed by atoms with Crippen molar-refractivity contribution in [1.82, 2.24) is 0 Å². The standard InChI is InChI=1S/C17H10F2N2O2S/c18-10-1-4-12(5-2-10)21-15(22)7-8-24-17(21)13-6-3-11(19)9-14(13)20-16(17)23/h1-9H,(H,20,23). The quantitative estimate of drug-likeness (QED) is 0.863. The number of hydrogen-bond donors (Lipinski definition) is 1. The number of nitrogens with zero attached hydrogens (tertiary/aromatic N) is 1. The highest BCUT2D eigenvalue weighted by molar-refractivity contribution is 8.04. The van der Waals surface area contributed by atoms with Crippen molar-refractivity contribution in [3.63, 3.8) is 0 Å². The molecule has 1 spiro atoms. The summed E-state index contributed by atoms with van der Waals surface area (Å²) in [5, 5.41) is 4.17. The number of nitrogens with one attached hydrogen (secondary N) is 1. The maximum atomic E-state index is 13.5. The SMILES string of the molecule is O=C1C=CSC2(C(=O)Nc3cc(F)ccc32)N1c1ccc(F)cc1. The molecular weight excluding hydrogens is 334 g/mol. The summed E-state index contributed by atoms with van der Waals surface area (Å²) >= 11 is 1.14. The van der Waals surface area contributed by atoms with E-state index in [0.29, 0.717) is 16.9 Å². The van der Waals surface area contributed by atoms with Gasteiger partial charge in [0.05, 0.1) is 5.69 Å². The van der Waals surface area contributed by atoms with Gasteiger partial charge in [-0.05, 0) is 41.8 Å². The summed E-state index contributed by atoms with van der Waals surface area (Å²) in [5.74, 6) is -1.79. The lowest BCUT2D eigenvalue weighted by atomic mass is 10.0. The molecule has 2 amide bonds. The Balaban J connectivity index is 1.95. The van der Waals surface area contributed by atoms with Gasteiger partial charge >= 0.3 is 0 Å². The molecule has 1 atom stereocenters. The van der Waals surface area contributed by atoms with Crippen LogP contribution in [-0.2, 0) is 14.5 Å². The van der Waals surface area contributed by atoms with Gasteiger partial charge in [0.25, 0.3) is 11.8 Å². The van der Waals surface area contributed by atoms with Crippen LogP contribution in [0.3, 0.4) is 0 Å².